The molecule has 1 heterocycles. The standard InChI is InChI=1S/C7H13N3O/c1-6-9-7(11-10-6)4-3-5-8-2/h8H,3-5H2,1-2H3. The van der Waals surface area contributed by atoms with Gasteiger partial charge < -0.3 is 9.84 Å². The van der Waals surface area contributed by atoms with Crippen LogP contribution in [0.5, 0.6) is 0 Å². The van der Waals surface area contributed by atoms with Crippen LogP contribution >= 0.6 is 0 Å². The van der Waals surface area contributed by atoms with Crippen molar-refractivity contribution in [2.75, 3.05) is 13.6 Å². The summed E-state index contributed by atoms with van der Waals surface area (Å²) in [6.45, 7) is 2.81. The maximum Gasteiger partial charge on any atom is 0.226 e. The van der Waals surface area contributed by atoms with Gasteiger partial charge in [0.25, 0.3) is 0 Å². The lowest BCUT2D eigenvalue weighted by Gasteiger charge is -1.93. The highest BCUT2D eigenvalue weighted by Gasteiger charge is 2.00. The van der Waals surface area contributed by atoms with E-state index in [1.165, 1.54) is 0 Å². The van der Waals surface area contributed by atoms with Gasteiger partial charge in [-0.3, -0.25) is 0 Å². The van der Waals surface area contributed by atoms with Crippen LogP contribution in [0.2, 0.25) is 0 Å². The summed E-state index contributed by atoms with van der Waals surface area (Å²) >= 11 is 0. The van der Waals surface area contributed by atoms with Crippen molar-refractivity contribution in [1.82, 2.24) is 15.5 Å². The van der Waals surface area contributed by atoms with E-state index in [1.807, 2.05) is 14.0 Å². The molecule has 1 aromatic rings. The normalized spacial score (nSPS) is 10.4. The van der Waals surface area contributed by atoms with E-state index in [1.54, 1.807) is 0 Å². The third-order valence-electron chi connectivity index (χ3n) is 1.39. The van der Waals surface area contributed by atoms with Crippen molar-refractivity contribution in [2.24, 2.45) is 0 Å². The molecule has 0 amide bonds. The van der Waals surface area contributed by atoms with Gasteiger partial charge in [-0.15, -0.1) is 0 Å². The van der Waals surface area contributed by atoms with Crippen LogP contribution in [-0.2, 0) is 6.42 Å². The zero-order valence-electron chi connectivity index (χ0n) is 6.92. The van der Waals surface area contributed by atoms with Crippen LogP contribution in [0.1, 0.15) is 18.1 Å². The number of rotatable bonds is 4. The minimum atomic E-state index is 0.712. The van der Waals surface area contributed by atoms with E-state index in [2.05, 4.69) is 15.5 Å². The molecule has 0 saturated carbocycles. The number of nitrogens with one attached hydrogen (secondary N) is 1. The molecule has 0 aliphatic rings. The van der Waals surface area contributed by atoms with Crippen molar-refractivity contribution < 1.29 is 4.52 Å². The number of aryl methyl sites for hydroxylation is 2. The molecule has 0 spiro atoms. The Balaban J connectivity index is 2.27. The summed E-state index contributed by atoms with van der Waals surface area (Å²) in [6, 6.07) is 0. The molecule has 0 aliphatic carbocycles. The summed E-state index contributed by atoms with van der Waals surface area (Å²) < 4.78 is 4.92. The number of hydrogen-bond acceptors (Lipinski definition) is 4. The summed E-state index contributed by atoms with van der Waals surface area (Å²) in [6.07, 6.45) is 1.90. The smallest absolute Gasteiger partial charge is 0.226 e. The fraction of sp³-hybridized carbons (Fsp3) is 0.714. The Morgan fingerprint density at radius 1 is 1.55 bits per heavy atom. The maximum atomic E-state index is 4.92. The average molecular weight is 155 g/mol. The van der Waals surface area contributed by atoms with Crippen molar-refractivity contribution >= 4 is 0 Å². The van der Waals surface area contributed by atoms with Gasteiger partial charge in [-0.2, -0.15) is 4.98 Å². The minimum absolute atomic E-state index is 0.712. The summed E-state index contributed by atoms with van der Waals surface area (Å²) in [4.78, 5) is 4.08. The van der Waals surface area contributed by atoms with E-state index >= 15 is 0 Å². The second-order valence-electron chi connectivity index (χ2n) is 2.44. The highest BCUT2D eigenvalue weighted by atomic mass is 16.5. The van der Waals surface area contributed by atoms with Crippen LogP contribution in [0.3, 0.4) is 0 Å². The molecule has 0 atom stereocenters. The molecule has 4 heteroatoms. The van der Waals surface area contributed by atoms with Crippen molar-refractivity contribution in [2.45, 2.75) is 19.8 Å². The highest BCUT2D eigenvalue weighted by Crippen LogP contribution is 1.98. The number of nitrogens with zero attached hydrogens (tertiary/aromatic N) is 2. The molecule has 11 heavy (non-hydrogen) atoms. The topological polar surface area (TPSA) is 51.0 Å². The van der Waals surface area contributed by atoms with Gasteiger partial charge in [0.05, 0.1) is 0 Å². The Hall–Kier alpha value is -0.900. The van der Waals surface area contributed by atoms with E-state index in [-0.39, 0.29) is 0 Å². The SMILES string of the molecule is CNCCCc1nc(C)no1. The first-order valence-corrected chi connectivity index (χ1v) is 3.76. The first-order chi connectivity index (χ1) is 5.33. The molecule has 1 rings (SSSR count). The molecule has 0 bridgehead atoms. The predicted octanol–water partition coefficient (Wildman–Crippen LogP) is 0.530. The summed E-state index contributed by atoms with van der Waals surface area (Å²) in [5, 5.41) is 6.74. The van der Waals surface area contributed by atoms with Gasteiger partial charge in [0, 0.05) is 6.42 Å². The van der Waals surface area contributed by atoms with E-state index in [0.29, 0.717) is 5.82 Å². The Morgan fingerprint density at radius 3 is 2.91 bits per heavy atom. The Kier molecular flexibility index (Phi) is 3.04. The largest absolute Gasteiger partial charge is 0.339 e. The van der Waals surface area contributed by atoms with Crippen molar-refractivity contribution in [3.05, 3.63) is 11.7 Å². The van der Waals surface area contributed by atoms with E-state index < -0.39 is 0 Å². The second-order valence-corrected chi connectivity index (χ2v) is 2.44. The zero-order chi connectivity index (χ0) is 8.10. The maximum absolute atomic E-state index is 4.92. The number of hydrogen-bond donors (Lipinski definition) is 1. The first-order valence-electron chi connectivity index (χ1n) is 3.76. The zero-order valence-corrected chi connectivity index (χ0v) is 6.92. The Morgan fingerprint density at radius 2 is 2.36 bits per heavy atom. The number of aromatic nitrogens is 2. The summed E-state index contributed by atoms with van der Waals surface area (Å²) in [5.74, 6) is 1.45. The molecule has 1 aromatic heterocycles. The van der Waals surface area contributed by atoms with Crippen LogP contribution in [0, 0.1) is 6.92 Å². The van der Waals surface area contributed by atoms with Crippen molar-refractivity contribution in [3.63, 3.8) is 0 Å². The van der Waals surface area contributed by atoms with Gasteiger partial charge in [0.15, 0.2) is 5.82 Å². The molecule has 0 aromatic carbocycles. The van der Waals surface area contributed by atoms with Crippen LogP contribution < -0.4 is 5.32 Å². The van der Waals surface area contributed by atoms with Crippen molar-refractivity contribution in [1.29, 1.82) is 0 Å². The molecule has 1 N–H and O–H groups in total. The lowest BCUT2D eigenvalue weighted by Crippen LogP contribution is -2.08. The highest BCUT2D eigenvalue weighted by molar-refractivity contribution is 4.82. The average Bonchev–Trinajstić information content (AvgIpc) is 2.37. The third kappa shape index (κ3) is 2.67. The van der Waals surface area contributed by atoms with Crippen LogP contribution in [-0.4, -0.2) is 23.7 Å². The monoisotopic (exact) mass is 155 g/mol. The molecule has 0 aliphatic heterocycles. The second kappa shape index (κ2) is 4.08. The van der Waals surface area contributed by atoms with E-state index in [4.69, 9.17) is 4.52 Å². The molecule has 62 valence electrons. The fourth-order valence-electron chi connectivity index (χ4n) is 0.858. The van der Waals surface area contributed by atoms with E-state index in [0.717, 1.165) is 25.3 Å². The quantitative estimate of drug-likeness (QED) is 0.644. The fourth-order valence-corrected chi connectivity index (χ4v) is 0.858. The molecule has 0 radical (unpaired) electrons. The van der Waals surface area contributed by atoms with Gasteiger partial charge in [0.2, 0.25) is 5.89 Å². The Bertz CT molecular complexity index is 209. The summed E-state index contributed by atoms with van der Waals surface area (Å²) in [7, 11) is 1.93. The third-order valence-corrected chi connectivity index (χ3v) is 1.39. The van der Waals surface area contributed by atoms with E-state index in [9.17, 15) is 0 Å². The molecular weight excluding hydrogens is 142 g/mol. The van der Waals surface area contributed by atoms with Crippen LogP contribution in [0.25, 0.3) is 0 Å². The predicted molar refractivity (Wildman–Crippen MR) is 41.3 cm³/mol. The Labute approximate surface area is 66.0 Å². The minimum Gasteiger partial charge on any atom is -0.339 e. The first kappa shape index (κ1) is 8.20. The van der Waals surface area contributed by atoms with Gasteiger partial charge >= 0.3 is 0 Å². The molecule has 0 saturated heterocycles. The van der Waals surface area contributed by atoms with Gasteiger partial charge in [-0.05, 0) is 26.9 Å². The molecular formula is C7H13N3O. The molecule has 4 nitrogen and oxygen atoms in total. The van der Waals surface area contributed by atoms with Gasteiger partial charge in [-0.1, -0.05) is 5.16 Å². The lowest BCUT2D eigenvalue weighted by molar-refractivity contribution is 0.371. The summed E-state index contributed by atoms with van der Waals surface area (Å²) in [5.41, 5.74) is 0. The lowest BCUT2D eigenvalue weighted by atomic mass is 10.3. The molecule has 0 unspecified atom stereocenters. The van der Waals surface area contributed by atoms with Gasteiger partial charge in [0.1, 0.15) is 0 Å². The van der Waals surface area contributed by atoms with Crippen LogP contribution in [0.4, 0.5) is 0 Å². The van der Waals surface area contributed by atoms with Gasteiger partial charge in [-0.25, -0.2) is 0 Å². The van der Waals surface area contributed by atoms with Crippen molar-refractivity contribution in [3.8, 4) is 0 Å². The van der Waals surface area contributed by atoms with Crippen LogP contribution in [0.15, 0.2) is 4.52 Å². The molecule has 0 fully saturated rings.